The number of rotatable bonds is 2. The third-order valence-electron chi connectivity index (χ3n) is 2.87. The Kier molecular flexibility index (Phi) is 2.34. The van der Waals surface area contributed by atoms with E-state index in [1.807, 2.05) is 47.0 Å². The van der Waals surface area contributed by atoms with E-state index in [4.69, 9.17) is 5.73 Å². The molecule has 0 saturated carbocycles. The molecule has 0 bridgehead atoms. The highest BCUT2D eigenvalue weighted by Gasteiger charge is 2.13. The predicted molar refractivity (Wildman–Crippen MR) is 69.6 cm³/mol. The Morgan fingerprint density at radius 3 is 2.61 bits per heavy atom. The minimum absolute atomic E-state index is 0.430. The van der Waals surface area contributed by atoms with E-state index in [9.17, 15) is 4.79 Å². The topological polar surface area (TPSA) is 60.9 Å². The summed E-state index contributed by atoms with van der Waals surface area (Å²) >= 11 is 0. The molecule has 0 fully saturated rings. The van der Waals surface area contributed by atoms with Crippen LogP contribution in [-0.2, 0) is 0 Å². The highest BCUT2D eigenvalue weighted by Crippen LogP contribution is 2.23. The maximum atomic E-state index is 11.4. The smallest absolute Gasteiger partial charge is 0.250 e. The summed E-state index contributed by atoms with van der Waals surface area (Å²) in [6, 6.07) is 13.3. The standard InChI is InChI=1S/C14H11N3O/c15-14(18)11-9-17(13-7-3-4-8-16-13)12-6-2-1-5-10(11)12/h1-9H,(H2,15,18). The summed E-state index contributed by atoms with van der Waals surface area (Å²) < 4.78 is 1.87. The molecule has 0 saturated heterocycles. The van der Waals surface area contributed by atoms with Gasteiger partial charge in [-0.25, -0.2) is 4.98 Å². The van der Waals surface area contributed by atoms with Crippen molar-refractivity contribution in [1.82, 2.24) is 9.55 Å². The van der Waals surface area contributed by atoms with Crippen LogP contribution in [0.25, 0.3) is 16.7 Å². The molecule has 0 aliphatic carbocycles. The fraction of sp³-hybridized carbons (Fsp3) is 0. The van der Waals surface area contributed by atoms with Crippen molar-refractivity contribution in [3.8, 4) is 5.82 Å². The van der Waals surface area contributed by atoms with Crippen LogP contribution < -0.4 is 5.73 Å². The number of fused-ring (bicyclic) bond motifs is 1. The van der Waals surface area contributed by atoms with Gasteiger partial charge in [0.25, 0.3) is 5.91 Å². The van der Waals surface area contributed by atoms with Crippen LogP contribution in [0.3, 0.4) is 0 Å². The van der Waals surface area contributed by atoms with E-state index in [0.717, 1.165) is 16.7 Å². The molecule has 0 radical (unpaired) electrons. The number of benzene rings is 1. The van der Waals surface area contributed by atoms with Gasteiger partial charge in [0.05, 0.1) is 11.1 Å². The van der Waals surface area contributed by atoms with Crippen molar-refractivity contribution in [3.63, 3.8) is 0 Å². The largest absolute Gasteiger partial charge is 0.366 e. The van der Waals surface area contributed by atoms with Gasteiger partial charge in [-0.1, -0.05) is 24.3 Å². The minimum Gasteiger partial charge on any atom is -0.366 e. The first kappa shape index (κ1) is 10.5. The molecule has 4 nitrogen and oxygen atoms in total. The van der Waals surface area contributed by atoms with Gasteiger partial charge in [0.15, 0.2) is 0 Å². The molecule has 0 aliphatic heterocycles. The number of amides is 1. The van der Waals surface area contributed by atoms with Crippen LogP contribution >= 0.6 is 0 Å². The second-order valence-electron chi connectivity index (χ2n) is 3.98. The summed E-state index contributed by atoms with van der Waals surface area (Å²) in [7, 11) is 0. The second kappa shape index (κ2) is 4.00. The van der Waals surface area contributed by atoms with Crippen LogP contribution in [0.4, 0.5) is 0 Å². The summed E-state index contributed by atoms with van der Waals surface area (Å²) in [5, 5.41) is 0.843. The summed E-state index contributed by atoms with van der Waals surface area (Å²) in [6.07, 6.45) is 3.45. The van der Waals surface area contributed by atoms with Crippen LogP contribution in [0.2, 0.25) is 0 Å². The maximum Gasteiger partial charge on any atom is 0.250 e. The van der Waals surface area contributed by atoms with Crippen molar-refractivity contribution in [2.24, 2.45) is 5.73 Å². The summed E-state index contributed by atoms with van der Waals surface area (Å²) in [5.74, 6) is 0.335. The van der Waals surface area contributed by atoms with Crippen LogP contribution in [0.5, 0.6) is 0 Å². The zero-order chi connectivity index (χ0) is 12.5. The van der Waals surface area contributed by atoms with Crippen LogP contribution in [0.1, 0.15) is 10.4 Å². The number of pyridine rings is 1. The predicted octanol–water partition coefficient (Wildman–Crippen LogP) is 2.12. The molecule has 88 valence electrons. The normalized spacial score (nSPS) is 10.7. The minimum atomic E-state index is -0.430. The third-order valence-corrected chi connectivity index (χ3v) is 2.87. The monoisotopic (exact) mass is 237 g/mol. The molecule has 2 heterocycles. The first-order chi connectivity index (χ1) is 8.77. The lowest BCUT2D eigenvalue weighted by Gasteiger charge is -2.02. The van der Waals surface area contributed by atoms with Gasteiger partial charge in [-0.3, -0.25) is 4.79 Å². The van der Waals surface area contributed by atoms with Gasteiger partial charge in [0.1, 0.15) is 5.82 Å². The fourth-order valence-corrected chi connectivity index (χ4v) is 2.06. The number of carbonyl (C=O) groups excluding carboxylic acids is 1. The van der Waals surface area contributed by atoms with E-state index in [1.165, 1.54) is 0 Å². The van der Waals surface area contributed by atoms with E-state index in [-0.39, 0.29) is 0 Å². The Bertz CT molecular complexity index is 716. The van der Waals surface area contributed by atoms with Crippen molar-refractivity contribution >= 4 is 16.8 Å². The molecule has 0 spiro atoms. The SMILES string of the molecule is NC(=O)c1cn(-c2ccccn2)c2ccccc12. The van der Waals surface area contributed by atoms with Crippen molar-refractivity contribution in [2.75, 3.05) is 0 Å². The molecular formula is C14H11N3O. The molecule has 18 heavy (non-hydrogen) atoms. The summed E-state index contributed by atoms with van der Waals surface area (Å²) in [5.41, 5.74) is 6.83. The first-order valence-corrected chi connectivity index (χ1v) is 5.58. The number of primary amides is 1. The van der Waals surface area contributed by atoms with Gasteiger partial charge >= 0.3 is 0 Å². The van der Waals surface area contributed by atoms with Crippen molar-refractivity contribution in [1.29, 1.82) is 0 Å². The van der Waals surface area contributed by atoms with E-state index in [2.05, 4.69) is 4.98 Å². The zero-order valence-corrected chi connectivity index (χ0v) is 9.58. The number of nitrogens with two attached hydrogens (primary N) is 1. The molecule has 1 aromatic carbocycles. The summed E-state index contributed by atoms with van der Waals surface area (Å²) in [4.78, 5) is 15.7. The average molecular weight is 237 g/mol. The number of para-hydroxylation sites is 1. The molecule has 3 aromatic rings. The number of nitrogens with zero attached hydrogens (tertiary/aromatic N) is 2. The second-order valence-corrected chi connectivity index (χ2v) is 3.98. The lowest BCUT2D eigenvalue weighted by Crippen LogP contribution is -2.10. The molecule has 2 aromatic heterocycles. The molecular weight excluding hydrogens is 226 g/mol. The summed E-state index contributed by atoms with van der Waals surface area (Å²) in [6.45, 7) is 0. The van der Waals surface area contributed by atoms with Crippen LogP contribution in [-0.4, -0.2) is 15.5 Å². The lowest BCUT2D eigenvalue weighted by atomic mass is 10.2. The van der Waals surface area contributed by atoms with Gasteiger partial charge in [-0.15, -0.1) is 0 Å². The number of aromatic nitrogens is 2. The highest BCUT2D eigenvalue weighted by molar-refractivity contribution is 6.06. The van der Waals surface area contributed by atoms with E-state index < -0.39 is 5.91 Å². The number of hydrogen-bond donors (Lipinski definition) is 1. The molecule has 3 rings (SSSR count). The van der Waals surface area contributed by atoms with Crippen LogP contribution in [0.15, 0.2) is 54.9 Å². The first-order valence-electron chi connectivity index (χ1n) is 5.58. The number of hydrogen-bond acceptors (Lipinski definition) is 2. The molecule has 1 amide bonds. The van der Waals surface area contributed by atoms with E-state index in [1.54, 1.807) is 12.4 Å². The Hall–Kier alpha value is -2.62. The van der Waals surface area contributed by atoms with Gasteiger partial charge in [-0.2, -0.15) is 0 Å². The van der Waals surface area contributed by atoms with E-state index in [0.29, 0.717) is 5.56 Å². The van der Waals surface area contributed by atoms with Gasteiger partial charge in [-0.05, 0) is 18.2 Å². The van der Waals surface area contributed by atoms with E-state index >= 15 is 0 Å². The van der Waals surface area contributed by atoms with Crippen LogP contribution in [0, 0.1) is 0 Å². The van der Waals surface area contributed by atoms with Crippen molar-refractivity contribution < 1.29 is 4.79 Å². The molecule has 0 atom stereocenters. The zero-order valence-electron chi connectivity index (χ0n) is 9.58. The van der Waals surface area contributed by atoms with Gasteiger partial charge in [0, 0.05) is 17.8 Å². The fourth-order valence-electron chi connectivity index (χ4n) is 2.06. The maximum absolute atomic E-state index is 11.4. The molecule has 2 N–H and O–H groups in total. The average Bonchev–Trinajstić information content (AvgIpc) is 2.79. The van der Waals surface area contributed by atoms with Crippen molar-refractivity contribution in [3.05, 3.63) is 60.4 Å². The molecule has 0 unspecified atom stereocenters. The van der Waals surface area contributed by atoms with Gasteiger partial charge < -0.3 is 10.3 Å². The Labute approximate surface area is 104 Å². The quantitative estimate of drug-likeness (QED) is 0.742. The third kappa shape index (κ3) is 1.55. The highest BCUT2D eigenvalue weighted by atomic mass is 16.1. The Morgan fingerprint density at radius 2 is 1.89 bits per heavy atom. The number of carbonyl (C=O) groups is 1. The molecule has 4 heteroatoms. The Balaban J connectivity index is 2.34. The van der Waals surface area contributed by atoms with Crippen molar-refractivity contribution in [2.45, 2.75) is 0 Å². The van der Waals surface area contributed by atoms with Gasteiger partial charge in [0.2, 0.25) is 0 Å². The molecule has 0 aliphatic rings. The lowest BCUT2D eigenvalue weighted by molar-refractivity contribution is 0.100. The Morgan fingerprint density at radius 1 is 1.11 bits per heavy atom.